The molecule has 0 aliphatic heterocycles. The number of benzene rings is 2. The van der Waals surface area contributed by atoms with Gasteiger partial charge in [0.15, 0.2) is 5.78 Å². The van der Waals surface area contributed by atoms with Gasteiger partial charge in [0.2, 0.25) is 6.79 Å². The first-order chi connectivity index (χ1) is 18.2. The third-order valence-corrected chi connectivity index (χ3v) is 5.65. The number of carbonyl (C=O) groups excluding carboxylic acids is 2. The fourth-order valence-electron chi connectivity index (χ4n) is 3.33. The normalized spacial score (nSPS) is 11.3. The molecule has 0 atom stereocenters. The van der Waals surface area contributed by atoms with E-state index in [-0.39, 0.29) is 18.5 Å². The molecule has 0 saturated carbocycles. The van der Waals surface area contributed by atoms with Gasteiger partial charge in [-0.25, -0.2) is 0 Å². The van der Waals surface area contributed by atoms with Crippen LogP contribution in [0.2, 0.25) is 0 Å². The van der Waals surface area contributed by atoms with E-state index in [0.29, 0.717) is 36.7 Å². The van der Waals surface area contributed by atoms with Crippen LogP contribution < -0.4 is 14.2 Å². The number of hydrogen-bond donors (Lipinski definition) is 0. The van der Waals surface area contributed by atoms with Gasteiger partial charge in [0.1, 0.15) is 17.2 Å². The predicted octanol–water partition coefficient (Wildman–Crippen LogP) is 7.59. The van der Waals surface area contributed by atoms with E-state index in [2.05, 4.69) is 20.4 Å². The standard InChI is InChI=1S/C32H42O6/c1-7-10-19-35-29-22-30(36-20-11-8-2)26(21-25(29)12-9-3)15-18-28(33)24-13-16-27(17-14-24)37-23-38-31(34)32(4,5)6/h9,13-18,21-22H,3,7-8,10-12,19-20,23H2,1-2,4-6H3. The van der Waals surface area contributed by atoms with Gasteiger partial charge < -0.3 is 18.9 Å². The van der Waals surface area contributed by atoms with Crippen LogP contribution in [-0.4, -0.2) is 31.8 Å². The summed E-state index contributed by atoms with van der Waals surface area (Å²) < 4.78 is 22.7. The Morgan fingerprint density at radius 1 is 0.895 bits per heavy atom. The molecule has 6 heteroatoms. The van der Waals surface area contributed by atoms with Crippen molar-refractivity contribution < 1.29 is 28.5 Å². The second-order valence-corrected chi connectivity index (χ2v) is 10.1. The zero-order chi connectivity index (χ0) is 28.0. The second kappa shape index (κ2) is 15.7. The Labute approximate surface area is 227 Å². The quantitative estimate of drug-likeness (QED) is 0.0565. The molecule has 0 bridgehead atoms. The van der Waals surface area contributed by atoms with E-state index in [0.717, 1.165) is 42.6 Å². The van der Waals surface area contributed by atoms with E-state index >= 15 is 0 Å². The lowest BCUT2D eigenvalue weighted by Gasteiger charge is -2.16. The molecule has 0 fully saturated rings. The fourth-order valence-corrected chi connectivity index (χ4v) is 3.33. The van der Waals surface area contributed by atoms with Crippen LogP contribution in [0.4, 0.5) is 0 Å². The van der Waals surface area contributed by atoms with Crippen LogP contribution in [0.1, 0.15) is 81.8 Å². The number of rotatable bonds is 16. The van der Waals surface area contributed by atoms with Gasteiger partial charge in [-0.2, -0.15) is 0 Å². The molecular weight excluding hydrogens is 480 g/mol. The van der Waals surface area contributed by atoms with E-state index in [9.17, 15) is 9.59 Å². The Morgan fingerprint density at radius 3 is 2.11 bits per heavy atom. The highest BCUT2D eigenvalue weighted by Crippen LogP contribution is 2.32. The number of ether oxygens (including phenoxy) is 4. The molecule has 0 aromatic heterocycles. The largest absolute Gasteiger partial charge is 0.493 e. The minimum atomic E-state index is -0.596. The van der Waals surface area contributed by atoms with Crippen molar-refractivity contribution in [3.05, 3.63) is 71.8 Å². The maximum absolute atomic E-state index is 12.9. The Morgan fingerprint density at radius 2 is 1.53 bits per heavy atom. The first kappa shape index (κ1) is 30.7. The summed E-state index contributed by atoms with van der Waals surface area (Å²) in [6.45, 7) is 14.5. The molecule has 2 aromatic rings. The lowest BCUT2D eigenvalue weighted by atomic mass is 9.98. The smallest absolute Gasteiger partial charge is 0.314 e. The molecule has 2 aromatic carbocycles. The van der Waals surface area contributed by atoms with Crippen LogP contribution in [0.3, 0.4) is 0 Å². The van der Waals surface area contributed by atoms with Crippen molar-refractivity contribution in [2.45, 2.75) is 66.7 Å². The van der Waals surface area contributed by atoms with Gasteiger partial charge in [-0.15, -0.1) is 6.58 Å². The molecule has 0 N–H and O–H groups in total. The topological polar surface area (TPSA) is 71.1 Å². The van der Waals surface area contributed by atoms with Crippen LogP contribution in [0.5, 0.6) is 17.2 Å². The summed E-state index contributed by atoms with van der Waals surface area (Å²) in [7, 11) is 0. The number of ketones is 1. The van der Waals surface area contributed by atoms with E-state index in [1.54, 1.807) is 51.1 Å². The van der Waals surface area contributed by atoms with Crippen LogP contribution >= 0.6 is 0 Å². The molecule has 0 aliphatic rings. The van der Waals surface area contributed by atoms with Crippen molar-refractivity contribution in [2.24, 2.45) is 5.41 Å². The zero-order valence-corrected chi connectivity index (χ0v) is 23.5. The third-order valence-electron chi connectivity index (χ3n) is 5.65. The second-order valence-electron chi connectivity index (χ2n) is 10.1. The minimum Gasteiger partial charge on any atom is -0.493 e. The van der Waals surface area contributed by atoms with Gasteiger partial charge in [-0.3, -0.25) is 9.59 Å². The fraction of sp³-hybridized carbons (Fsp3) is 0.438. The van der Waals surface area contributed by atoms with Gasteiger partial charge in [-0.1, -0.05) is 32.8 Å². The Bertz CT molecular complexity index is 1080. The first-order valence-corrected chi connectivity index (χ1v) is 13.4. The molecule has 0 unspecified atom stereocenters. The van der Waals surface area contributed by atoms with Crippen LogP contribution in [-0.2, 0) is 16.0 Å². The highest BCUT2D eigenvalue weighted by Gasteiger charge is 2.23. The number of unbranched alkanes of at least 4 members (excludes halogenated alkanes) is 2. The van der Waals surface area contributed by atoms with Gasteiger partial charge in [0.25, 0.3) is 0 Å². The Kier molecular flexibility index (Phi) is 12.6. The summed E-state index contributed by atoms with van der Waals surface area (Å²) in [5, 5.41) is 0. The van der Waals surface area contributed by atoms with Gasteiger partial charge in [0, 0.05) is 17.2 Å². The molecule has 0 aliphatic carbocycles. The van der Waals surface area contributed by atoms with Crippen LogP contribution in [0.25, 0.3) is 6.08 Å². The minimum absolute atomic E-state index is 0.149. The molecule has 0 spiro atoms. The van der Waals surface area contributed by atoms with E-state index < -0.39 is 5.41 Å². The molecule has 6 nitrogen and oxygen atoms in total. The van der Waals surface area contributed by atoms with E-state index in [1.807, 2.05) is 18.2 Å². The SMILES string of the molecule is C=CCc1cc(C=CC(=O)c2ccc(OCOC(=O)C(C)(C)C)cc2)c(OCCCC)cc1OCCCC. The highest BCUT2D eigenvalue weighted by molar-refractivity contribution is 6.07. The highest BCUT2D eigenvalue weighted by atomic mass is 16.7. The summed E-state index contributed by atoms with van der Waals surface area (Å²) in [5.74, 6) is 1.49. The molecule has 0 radical (unpaired) electrons. The third kappa shape index (κ3) is 10.1. The van der Waals surface area contributed by atoms with Crippen molar-refractivity contribution in [1.82, 2.24) is 0 Å². The molecule has 0 amide bonds. The van der Waals surface area contributed by atoms with Crippen molar-refractivity contribution in [3.8, 4) is 17.2 Å². The number of esters is 1. The van der Waals surface area contributed by atoms with Crippen LogP contribution in [0.15, 0.2) is 55.1 Å². The lowest BCUT2D eigenvalue weighted by molar-refractivity contribution is -0.159. The molecular formula is C32H42O6. The van der Waals surface area contributed by atoms with Gasteiger partial charge >= 0.3 is 5.97 Å². The molecule has 206 valence electrons. The van der Waals surface area contributed by atoms with Crippen molar-refractivity contribution in [2.75, 3.05) is 20.0 Å². The summed E-state index contributed by atoms with van der Waals surface area (Å²) >= 11 is 0. The maximum Gasteiger partial charge on any atom is 0.314 e. The summed E-state index contributed by atoms with van der Waals surface area (Å²) in [6, 6.07) is 10.6. The molecule has 38 heavy (non-hydrogen) atoms. The number of carbonyl (C=O) groups is 2. The average molecular weight is 523 g/mol. The van der Waals surface area contributed by atoms with Crippen LogP contribution in [0, 0.1) is 5.41 Å². The first-order valence-electron chi connectivity index (χ1n) is 13.4. The van der Waals surface area contributed by atoms with E-state index in [4.69, 9.17) is 18.9 Å². The Balaban J connectivity index is 2.16. The van der Waals surface area contributed by atoms with Crippen molar-refractivity contribution in [1.29, 1.82) is 0 Å². The average Bonchev–Trinajstić information content (AvgIpc) is 2.89. The maximum atomic E-state index is 12.9. The lowest BCUT2D eigenvalue weighted by Crippen LogP contribution is -2.24. The molecule has 2 rings (SSSR count). The zero-order valence-electron chi connectivity index (χ0n) is 23.5. The number of hydrogen-bond acceptors (Lipinski definition) is 6. The van der Waals surface area contributed by atoms with Gasteiger partial charge in [-0.05, 0) is 88.1 Å². The summed E-state index contributed by atoms with van der Waals surface area (Å²) in [4.78, 5) is 24.7. The number of allylic oxidation sites excluding steroid dienone is 2. The predicted molar refractivity (Wildman–Crippen MR) is 152 cm³/mol. The van der Waals surface area contributed by atoms with Crippen molar-refractivity contribution in [3.63, 3.8) is 0 Å². The monoisotopic (exact) mass is 522 g/mol. The van der Waals surface area contributed by atoms with Crippen molar-refractivity contribution >= 4 is 17.8 Å². The van der Waals surface area contributed by atoms with E-state index in [1.165, 1.54) is 6.08 Å². The Hall–Kier alpha value is -3.54. The molecule has 0 heterocycles. The summed E-state index contributed by atoms with van der Waals surface area (Å²) in [6.07, 6.45) is 9.80. The van der Waals surface area contributed by atoms with Gasteiger partial charge in [0.05, 0.1) is 18.6 Å². The molecule has 0 saturated heterocycles. The summed E-state index contributed by atoms with van der Waals surface area (Å²) in [5.41, 5.74) is 1.73.